The molecular formula is C12H19N5O. The summed E-state index contributed by atoms with van der Waals surface area (Å²) in [6, 6.07) is 0. The van der Waals surface area contributed by atoms with E-state index in [9.17, 15) is 0 Å². The lowest BCUT2D eigenvalue weighted by atomic mass is 10.4. The number of nitrogens with two attached hydrogens (primary N) is 1. The summed E-state index contributed by atoms with van der Waals surface area (Å²) in [6.45, 7) is 7.57. The summed E-state index contributed by atoms with van der Waals surface area (Å²) < 4.78 is 9.38. The van der Waals surface area contributed by atoms with Crippen LogP contribution in [0.1, 0.15) is 26.0 Å². The Morgan fingerprint density at radius 2 is 2.17 bits per heavy atom. The number of nitrogen functional groups attached to an aromatic ring is 1. The van der Waals surface area contributed by atoms with Crippen LogP contribution in [0.4, 0.5) is 5.69 Å². The molecule has 0 radical (unpaired) electrons. The molecule has 0 atom stereocenters. The van der Waals surface area contributed by atoms with Crippen LogP contribution in [0, 0.1) is 6.92 Å². The Kier molecular flexibility index (Phi) is 3.55. The summed E-state index contributed by atoms with van der Waals surface area (Å²) in [5.41, 5.74) is 7.33. The standard InChI is InChI=1S/C12H19N5O/c1-4-6-16-8-10(7-14-16)18-12-11(13)9(3)15-17(12)5-2/h7-8H,4-6,13H2,1-3H3. The summed E-state index contributed by atoms with van der Waals surface area (Å²) in [6.07, 6.45) is 4.60. The van der Waals surface area contributed by atoms with Crippen molar-refractivity contribution in [3.63, 3.8) is 0 Å². The number of aromatic nitrogens is 4. The second-order valence-corrected chi connectivity index (χ2v) is 4.16. The zero-order valence-corrected chi connectivity index (χ0v) is 11.1. The van der Waals surface area contributed by atoms with Gasteiger partial charge in [-0.2, -0.15) is 10.2 Å². The lowest BCUT2D eigenvalue weighted by Crippen LogP contribution is -2.00. The highest BCUT2D eigenvalue weighted by atomic mass is 16.5. The fourth-order valence-electron chi connectivity index (χ4n) is 1.76. The van der Waals surface area contributed by atoms with E-state index in [1.165, 1.54) is 0 Å². The monoisotopic (exact) mass is 249 g/mol. The first-order valence-corrected chi connectivity index (χ1v) is 6.18. The van der Waals surface area contributed by atoms with Crippen molar-refractivity contribution in [2.45, 2.75) is 40.3 Å². The second-order valence-electron chi connectivity index (χ2n) is 4.16. The number of ether oxygens (including phenoxy) is 1. The fraction of sp³-hybridized carbons (Fsp3) is 0.500. The fourth-order valence-corrected chi connectivity index (χ4v) is 1.76. The molecule has 0 aromatic carbocycles. The van der Waals surface area contributed by atoms with Crippen molar-refractivity contribution < 1.29 is 4.74 Å². The van der Waals surface area contributed by atoms with Gasteiger partial charge in [0, 0.05) is 13.1 Å². The molecule has 0 fully saturated rings. The van der Waals surface area contributed by atoms with Gasteiger partial charge in [-0.25, -0.2) is 4.68 Å². The third-order valence-corrected chi connectivity index (χ3v) is 2.70. The predicted molar refractivity (Wildman–Crippen MR) is 69.6 cm³/mol. The summed E-state index contributed by atoms with van der Waals surface area (Å²) in [5, 5.41) is 8.52. The SMILES string of the molecule is CCCn1cc(Oc2c(N)c(C)nn2CC)cn1. The van der Waals surface area contributed by atoms with E-state index in [0.29, 0.717) is 17.3 Å². The molecule has 0 bridgehead atoms. The van der Waals surface area contributed by atoms with Gasteiger partial charge in [0.15, 0.2) is 5.75 Å². The van der Waals surface area contributed by atoms with Crippen LogP contribution in [0.3, 0.4) is 0 Å². The molecule has 0 aliphatic heterocycles. The number of hydrogen-bond acceptors (Lipinski definition) is 4. The molecule has 0 saturated carbocycles. The maximum absolute atomic E-state index is 5.96. The third kappa shape index (κ3) is 2.32. The molecule has 98 valence electrons. The lowest BCUT2D eigenvalue weighted by Gasteiger charge is -2.05. The van der Waals surface area contributed by atoms with E-state index in [0.717, 1.165) is 25.2 Å². The van der Waals surface area contributed by atoms with Gasteiger partial charge in [-0.1, -0.05) is 6.92 Å². The largest absolute Gasteiger partial charge is 0.434 e. The van der Waals surface area contributed by atoms with Crippen LogP contribution in [0.25, 0.3) is 0 Å². The van der Waals surface area contributed by atoms with Gasteiger partial charge in [-0.3, -0.25) is 4.68 Å². The van der Waals surface area contributed by atoms with Crippen molar-refractivity contribution in [3.8, 4) is 11.6 Å². The maximum atomic E-state index is 5.96. The Morgan fingerprint density at radius 3 is 2.83 bits per heavy atom. The molecule has 0 aliphatic carbocycles. The average molecular weight is 249 g/mol. The minimum Gasteiger partial charge on any atom is -0.434 e. The van der Waals surface area contributed by atoms with Gasteiger partial charge in [0.1, 0.15) is 5.69 Å². The lowest BCUT2D eigenvalue weighted by molar-refractivity contribution is 0.417. The van der Waals surface area contributed by atoms with E-state index in [2.05, 4.69) is 17.1 Å². The molecule has 2 N–H and O–H groups in total. The average Bonchev–Trinajstić information content (AvgIpc) is 2.90. The van der Waals surface area contributed by atoms with Crippen LogP contribution in [-0.2, 0) is 13.1 Å². The number of nitrogens with zero attached hydrogens (tertiary/aromatic N) is 4. The van der Waals surface area contributed by atoms with E-state index in [1.807, 2.05) is 24.7 Å². The highest BCUT2D eigenvalue weighted by molar-refractivity contribution is 5.53. The predicted octanol–water partition coefficient (Wildman–Crippen LogP) is 2.19. The van der Waals surface area contributed by atoms with Gasteiger partial charge >= 0.3 is 0 Å². The topological polar surface area (TPSA) is 70.9 Å². The van der Waals surface area contributed by atoms with Crippen LogP contribution >= 0.6 is 0 Å². The number of anilines is 1. The molecule has 0 spiro atoms. The molecule has 0 aliphatic rings. The molecule has 6 nitrogen and oxygen atoms in total. The first-order valence-electron chi connectivity index (χ1n) is 6.18. The van der Waals surface area contributed by atoms with Gasteiger partial charge in [-0.15, -0.1) is 0 Å². The molecule has 2 aromatic rings. The summed E-state index contributed by atoms with van der Waals surface area (Å²) in [5.74, 6) is 1.27. The van der Waals surface area contributed by atoms with Gasteiger partial charge in [0.05, 0.1) is 18.1 Å². The zero-order chi connectivity index (χ0) is 13.1. The van der Waals surface area contributed by atoms with Crippen LogP contribution in [-0.4, -0.2) is 19.6 Å². The van der Waals surface area contributed by atoms with Gasteiger partial charge < -0.3 is 10.5 Å². The van der Waals surface area contributed by atoms with Crippen molar-refractivity contribution >= 4 is 5.69 Å². The molecule has 0 saturated heterocycles. The summed E-state index contributed by atoms with van der Waals surface area (Å²) in [7, 11) is 0. The number of hydrogen-bond donors (Lipinski definition) is 1. The first-order chi connectivity index (χ1) is 8.65. The van der Waals surface area contributed by atoms with Crippen molar-refractivity contribution in [3.05, 3.63) is 18.1 Å². The van der Waals surface area contributed by atoms with E-state index < -0.39 is 0 Å². The molecule has 0 unspecified atom stereocenters. The third-order valence-electron chi connectivity index (χ3n) is 2.70. The van der Waals surface area contributed by atoms with E-state index in [1.54, 1.807) is 10.9 Å². The van der Waals surface area contributed by atoms with Gasteiger partial charge in [-0.05, 0) is 20.3 Å². The van der Waals surface area contributed by atoms with E-state index in [-0.39, 0.29) is 0 Å². The summed E-state index contributed by atoms with van der Waals surface area (Å²) >= 11 is 0. The van der Waals surface area contributed by atoms with Crippen LogP contribution < -0.4 is 10.5 Å². The van der Waals surface area contributed by atoms with Crippen LogP contribution in [0.2, 0.25) is 0 Å². The quantitative estimate of drug-likeness (QED) is 0.881. The second kappa shape index (κ2) is 5.12. The molecule has 2 rings (SSSR count). The van der Waals surface area contributed by atoms with E-state index >= 15 is 0 Å². The van der Waals surface area contributed by atoms with Gasteiger partial charge in [0.25, 0.3) is 0 Å². The molecule has 18 heavy (non-hydrogen) atoms. The van der Waals surface area contributed by atoms with Crippen LogP contribution in [0.5, 0.6) is 11.6 Å². The minimum atomic E-state index is 0.583. The van der Waals surface area contributed by atoms with Crippen molar-refractivity contribution in [1.29, 1.82) is 0 Å². The Hall–Kier alpha value is -1.98. The normalized spacial score (nSPS) is 10.8. The highest BCUT2D eigenvalue weighted by Gasteiger charge is 2.14. The molecular weight excluding hydrogens is 230 g/mol. The molecule has 2 aromatic heterocycles. The maximum Gasteiger partial charge on any atom is 0.241 e. The molecule has 2 heterocycles. The number of rotatable bonds is 5. The van der Waals surface area contributed by atoms with Crippen molar-refractivity contribution in [2.24, 2.45) is 0 Å². The Morgan fingerprint density at radius 1 is 1.39 bits per heavy atom. The minimum absolute atomic E-state index is 0.583. The Labute approximate surface area is 106 Å². The smallest absolute Gasteiger partial charge is 0.241 e. The molecule has 6 heteroatoms. The first kappa shape index (κ1) is 12.5. The van der Waals surface area contributed by atoms with E-state index in [4.69, 9.17) is 10.5 Å². The number of aryl methyl sites for hydroxylation is 3. The van der Waals surface area contributed by atoms with Crippen LogP contribution in [0.15, 0.2) is 12.4 Å². The van der Waals surface area contributed by atoms with Gasteiger partial charge in [0.2, 0.25) is 5.88 Å². The van der Waals surface area contributed by atoms with Crippen molar-refractivity contribution in [2.75, 3.05) is 5.73 Å². The Balaban J connectivity index is 2.22. The highest BCUT2D eigenvalue weighted by Crippen LogP contribution is 2.29. The molecule has 0 amide bonds. The zero-order valence-electron chi connectivity index (χ0n) is 11.1. The Bertz CT molecular complexity index is 529. The van der Waals surface area contributed by atoms with Crippen molar-refractivity contribution in [1.82, 2.24) is 19.6 Å². The summed E-state index contributed by atoms with van der Waals surface area (Å²) in [4.78, 5) is 0.